The van der Waals surface area contributed by atoms with Crippen LogP contribution in [0.1, 0.15) is 19.4 Å². The lowest BCUT2D eigenvalue weighted by Crippen LogP contribution is -2.14. The number of anilines is 1. The molecule has 3 heterocycles. The molecule has 0 fully saturated rings. The van der Waals surface area contributed by atoms with E-state index in [4.69, 9.17) is 14.3 Å². The quantitative estimate of drug-likeness (QED) is 0.407. The highest BCUT2D eigenvalue weighted by atomic mass is 32.2. The number of nitrogens with zero attached hydrogens (tertiary/aromatic N) is 3. The second-order valence-electron chi connectivity index (χ2n) is 6.83. The van der Waals surface area contributed by atoms with Gasteiger partial charge in [0.1, 0.15) is 23.6 Å². The van der Waals surface area contributed by atoms with E-state index in [1.54, 1.807) is 24.5 Å². The van der Waals surface area contributed by atoms with Gasteiger partial charge in [0.2, 0.25) is 10.0 Å². The van der Waals surface area contributed by atoms with E-state index in [-0.39, 0.29) is 17.5 Å². The van der Waals surface area contributed by atoms with Gasteiger partial charge in [0.05, 0.1) is 22.6 Å². The van der Waals surface area contributed by atoms with Gasteiger partial charge in [-0.3, -0.25) is 5.10 Å². The molecule has 0 atom stereocenters. The summed E-state index contributed by atoms with van der Waals surface area (Å²) in [5.74, 6) is 1.65. The molecular formula is C19H20N6O4S. The maximum absolute atomic E-state index is 11.8. The van der Waals surface area contributed by atoms with Crippen LogP contribution in [0, 0.1) is 0 Å². The van der Waals surface area contributed by atoms with Gasteiger partial charge in [0, 0.05) is 12.1 Å². The molecule has 0 aliphatic heterocycles. The van der Waals surface area contributed by atoms with E-state index in [9.17, 15) is 8.42 Å². The molecule has 3 aromatic heterocycles. The molecule has 4 aromatic rings. The molecule has 11 heteroatoms. The highest BCUT2D eigenvalue weighted by molar-refractivity contribution is 7.89. The summed E-state index contributed by atoms with van der Waals surface area (Å²) in [6.45, 7) is 4.01. The maximum Gasteiger partial charge on any atom is 0.238 e. The van der Waals surface area contributed by atoms with Crippen LogP contribution in [0.5, 0.6) is 5.75 Å². The fourth-order valence-corrected chi connectivity index (χ4v) is 3.57. The number of nitrogens with one attached hydrogen (secondary N) is 2. The molecule has 156 valence electrons. The fraction of sp³-hybridized carbons (Fsp3) is 0.211. The third kappa shape index (κ3) is 3.98. The lowest BCUT2D eigenvalue weighted by molar-refractivity contribution is 0.240. The first-order valence-corrected chi connectivity index (χ1v) is 10.7. The topological polar surface area (TPSA) is 149 Å². The van der Waals surface area contributed by atoms with Gasteiger partial charge in [-0.25, -0.2) is 23.5 Å². The number of hydrogen-bond acceptors (Lipinski definition) is 8. The summed E-state index contributed by atoms with van der Waals surface area (Å²) >= 11 is 0. The highest BCUT2D eigenvalue weighted by Crippen LogP contribution is 2.31. The summed E-state index contributed by atoms with van der Waals surface area (Å²) in [6.07, 6.45) is 2.87. The molecule has 0 aliphatic carbocycles. The largest absolute Gasteiger partial charge is 0.491 e. The molecule has 4 N–H and O–H groups in total. The summed E-state index contributed by atoms with van der Waals surface area (Å²) in [5, 5.41) is 16.3. The molecule has 0 saturated heterocycles. The minimum atomic E-state index is -3.85. The standard InChI is InChI=1S/C19H20N6O4S/c1-11(2)29-14-6-5-13(30(20,26)27)8-12(14)9-21-18-16-17(15-4-3-7-28-15)24-25-19(16)23-10-22-18/h3-8,10-11H,9H2,1-2H3,(H2,20,26,27)(H2,21,22,23,24,25). The Hall–Kier alpha value is -3.44. The van der Waals surface area contributed by atoms with Crippen LogP contribution in [-0.4, -0.2) is 34.7 Å². The number of nitrogens with two attached hydrogens (primary N) is 1. The van der Waals surface area contributed by atoms with Crippen molar-refractivity contribution in [2.24, 2.45) is 5.14 Å². The number of fused-ring (bicyclic) bond motifs is 1. The number of aromatic amines is 1. The first-order valence-electron chi connectivity index (χ1n) is 9.12. The van der Waals surface area contributed by atoms with E-state index < -0.39 is 10.0 Å². The van der Waals surface area contributed by atoms with E-state index in [2.05, 4.69) is 25.5 Å². The third-order valence-corrected chi connectivity index (χ3v) is 5.20. The van der Waals surface area contributed by atoms with Crippen LogP contribution in [-0.2, 0) is 16.6 Å². The van der Waals surface area contributed by atoms with Crippen molar-refractivity contribution in [3.8, 4) is 17.2 Å². The molecule has 0 radical (unpaired) electrons. The maximum atomic E-state index is 11.8. The van der Waals surface area contributed by atoms with Crippen molar-refractivity contribution in [2.75, 3.05) is 5.32 Å². The number of furan rings is 1. The fourth-order valence-electron chi connectivity index (χ4n) is 3.01. The molecule has 0 amide bonds. The molecule has 10 nitrogen and oxygen atoms in total. The number of aromatic nitrogens is 4. The van der Waals surface area contributed by atoms with Crippen molar-refractivity contribution in [1.82, 2.24) is 20.2 Å². The summed E-state index contributed by atoms with van der Waals surface area (Å²) < 4.78 is 34.8. The van der Waals surface area contributed by atoms with Crippen LogP contribution in [0.25, 0.3) is 22.5 Å². The van der Waals surface area contributed by atoms with Gasteiger partial charge >= 0.3 is 0 Å². The van der Waals surface area contributed by atoms with Crippen molar-refractivity contribution in [3.63, 3.8) is 0 Å². The smallest absolute Gasteiger partial charge is 0.238 e. The van der Waals surface area contributed by atoms with Gasteiger partial charge in [0.15, 0.2) is 11.4 Å². The van der Waals surface area contributed by atoms with E-state index in [1.807, 2.05) is 13.8 Å². The normalized spacial score (nSPS) is 11.9. The van der Waals surface area contributed by atoms with Crippen LogP contribution in [0.2, 0.25) is 0 Å². The van der Waals surface area contributed by atoms with Crippen molar-refractivity contribution < 1.29 is 17.6 Å². The zero-order valence-electron chi connectivity index (χ0n) is 16.3. The van der Waals surface area contributed by atoms with Crippen molar-refractivity contribution >= 4 is 26.9 Å². The van der Waals surface area contributed by atoms with E-state index >= 15 is 0 Å². The zero-order valence-corrected chi connectivity index (χ0v) is 17.1. The monoisotopic (exact) mass is 428 g/mol. The summed E-state index contributed by atoms with van der Waals surface area (Å²) in [5.41, 5.74) is 1.72. The first kappa shape index (κ1) is 19.9. The number of sulfonamides is 1. The first-order chi connectivity index (χ1) is 14.3. The van der Waals surface area contributed by atoms with Crippen LogP contribution >= 0.6 is 0 Å². The average Bonchev–Trinajstić information content (AvgIpc) is 3.35. The number of H-pyrrole nitrogens is 1. The lowest BCUT2D eigenvalue weighted by Gasteiger charge is -2.16. The van der Waals surface area contributed by atoms with Crippen LogP contribution in [0.4, 0.5) is 5.82 Å². The van der Waals surface area contributed by atoms with E-state index in [1.165, 1.54) is 18.5 Å². The number of primary sulfonamides is 1. The molecular weight excluding hydrogens is 408 g/mol. The Bertz CT molecular complexity index is 1280. The van der Waals surface area contributed by atoms with Gasteiger partial charge in [0.25, 0.3) is 0 Å². The minimum absolute atomic E-state index is 0.00262. The Morgan fingerprint density at radius 2 is 2.10 bits per heavy atom. The predicted octanol–water partition coefficient (Wildman–Crippen LogP) is 2.66. The van der Waals surface area contributed by atoms with Crippen molar-refractivity contribution in [2.45, 2.75) is 31.4 Å². The molecule has 0 unspecified atom stereocenters. The number of hydrogen-bond donors (Lipinski definition) is 3. The number of benzene rings is 1. The molecule has 0 spiro atoms. The summed E-state index contributed by atoms with van der Waals surface area (Å²) in [6, 6.07) is 8.07. The summed E-state index contributed by atoms with van der Waals surface area (Å²) in [4.78, 5) is 8.50. The average molecular weight is 428 g/mol. The van der Waals surface area contributed by atoms with Gasteiger partial charge in [-0.2, -0.15) is 5.10 Å². The Kier molecular flexibility index (Phi) is 5.14. The Morgan fingerprint density at radius 1 is 1.27 bits per heavy atom. The Morgan fingerprint density at radius 3 is 2.80 bits per heavy atom. The lowest BCUT2D eigenvalue weighted by atomic mass is 10.2. The second kappa shape index (κ2) is 7.76. The van der Waals surface area contributed by atoms with Gasteiger partial charge in [-0.1, -0.05) is 0 Å². The van der Waals surface area contributed by atoms with Gasteiger partial charge in [-0.05, 0) is 44.2 Å². The molecule has 1 aromatic carbocycles. The molecule has 30 heavy (non-hydrogen) atoms. The van der Waals surface area contributed by atoms with Crippen LogP contribution in [0.3, 0.4) is 0 Å². The Labute approximate surface area is 172 Å². The molecule has 4 rings (SSSR count). The highest BCUT2D eigenvalue weighted by Gasteiger charge is 2.18. The minimum Gasteiger partial charge on any atom is -0.491 e. The predicted molar refractivity (Wildman–Crippen MR) is 110 cm³/mol. The zero-order chi connectivity index (χ0) is 21.3. The van der Waals surface area contributed by atoms with Crippen molar-refractivity contribution in [1.29, 1.82) is 0 Å². The van der Waals surface area contributed by atoms with Crippen LogP contribution < -0.4 is 15.2 Å². The van der Waals surface area contributed by atoms with Crippen LogP contribution in [0.15, 0.2) is 52.2 Å². The van der Waals surface area contributed by atoms with Gasteiger partial charge in [-0.15, -0.1) is 0 Å². The number of rotatable bonds is 7. The van der Waals surface area contributed by atoms with E-state index in [0.29, 0.717) is 39.6 Å². The number of ether oxygens (including phenoxy) is 1. The summed E-state index contributed by atoms with van der Waals surface area (Å²) in [7, 11) is -3.85. The van der Waals surface area contributed by atoms with Crippen molar-refractivity contribution in [3.05, 3.63) is 48.5 Å². The SMILES string of the molecule is CC(C)Oc1ccc(S(N)(=O)=O)cc1CNc1ncnc2n[nH]c(-c3ccco3)c12. The molecule has 0 bridgehead atoms. The van der Waals surface area contributed by atoms with Gasteiger partial charge < -0.3 is 14.5 Å². The Balaban J connectivity index is 1.71. The van der Waals surface area contributed by atoms with E-state index in [0.717, 1.165) is 0 Å². The second-order valence-corrected chi connectivity index (χ2v) is 8.39. The third-order valence-electron chi connectivity index (χ3n) is 4.29. The molecule has 0 aliphatic rings. The molecule has 0 saturated carbocycles.